The fraction of sp³-hybridized carbons (Fsp3) is 0.235. The van der Waals surface area contributed by atoms with Gasteiger partial charge in [-0.2, -0.15) is 0 Å². The smallest absolute Gasteiger partial charge is 0.241 e. The highest BCUT2D eigenvalue weighted by atomic mass is 32.2. The summed E-state index contributed by atoms with van der Waals surface area (Å²) >= 11 is 0. The number of nitrogens with one attached hydrogen (secondary N) is 2. The van der Waals surface area contributed by atoms with Gasteiger partial charge in [0.25, 0.3) is 0 Å². The van der Waals surface area contributed by atoms with Crippen LogP contribution in [0.4, 0.5) is 0 Å². The summed E-state index contributed by atoms with van der Waals surface area (Å²) in [6.45, 7) is 3.84. The first-order valence-electron chi connectivity index (χ1n) is 7.48. The normalized spacial score (nSPS) is 11.8. The van der Waals surface area contributed by atoms with Crippen molar-refractivity contribution in [1.82, 2.24) is 14.7 Å². The Morgan fingerprint density at radius 1 is 1.17 bits per heavy atom. The summed E-state index contributed by atoms with van der Waals surface area (Å²) in [5.74, 6) is 1.46. The highest BCUT2D eigenvalue weighted by Gasteiger charge is 2.17. The van der Waals surface area contributed by atoms with Crippen LogP contribution in [-0.2, 0) is 16.6 Å². The Bertz CT molecular complexity index is 993. The maximum Gasteiger partial charge on any atom is 0.241 e. The minimum absolute atomic E-state index is 0.210. The molecule has 0 saturated carbocycles. The summed E-state index contributed by atoms with van der Waals surface area (Å²) in [4.78, 5) is 7.73. The van der Waals surface area contributed by atoms with Crippen molar-refractivity contribution in [2.45, 2.75) is 25.3 Å². The second-order valence-corrected chi connectivity index (χ2v) is 7.37. The van der Waals surface area contributed by atoms with Crippen molar-refractivity contribution in [2.75, 3.05) is 7.11 Å². The molecule has 1 heterocycles. The molecule has 0 aliphatic rings. The summed E-state index contributed by atoms with van der Waals surface area (Å²) in [5, 5.41) is 0. The van der Waals surface area contributed by atoms with Crippen LogP contribution in [0.25, 0.3) is 11.0 Å². The molecule has 1 aromatic heterocycles. The molecular formula is C17H19N3O3S. The van der Waals surface area contributed by atoms with Crippen molar-refractivity contribution in [3.8, 4) is 5.75 Å². The number of imidazole rings is 1. The van der Waals surface area contributed by atoms with Gasteiger partial charge in [0.1, 0.15) is 11.6 Å². The number of sulfonamides is 1. The SMILES string of the molecule is COc1ccc(S(=O)(=O)NCc2ccc3nc(C)[nH]c3c2)c(C)c1. The van der Waals surface area contributed by atoms with E-state index in [1.54, 1.807) is 32.2 Å². The second kappa shape index (κ2) is 6.26. The van der Waals surface area contributed by atoms with Gasteiger partial charge in [0.2, 0.25) is 10.0 Å². The molecule has 0 aliphatic heterocycles. The molecular weight excluding hydrogens is 326 g/mol. The van der Waals surface area contributed by atoms with Gasteiger partial charge in [-0.05, 0) is 55.3 Å². The number of aromatic amines is 1. The van der Waals surface area contributed by atoms with Gasteiger partial charge < -0.3 is 9.72 Å². The highest BCUT2D eigenvalue weighted by molar-refractivity contribution is 7.89. The number of methoxy groups -OCH3 is 1. The number of hydrogen-bond donors (Lipinski definition) is 2. The number of aromatic nitrogens is 2. The number of fused-ring (bicyclic) bond motifs is 1. The number of hydrogen-bond acceptors (Lipinski definition) is 4. The third kappa shape index (κ3) is 3.27. The fourth-order valence-electron chi connectivity index (χ4n) is 2.60. The van der Waals surface area contributed by atoms with E-state index in [4.69, 9.17) is 4.74 Å². The standard InChI is InChI=1S/C17H19N3O3S/c1-11-8-14(23-3)5-7-17(11)24(21,22)18-10-13-4-6-15-16(9-13)20-12(2)19-15/h4-9,18H,10H2,1-3H3,(H,19,20). The Labute approximate surface area is 140 Å². The fourth-order valence-corrected chi connectivity index (χ4v) is 3.84. The maximum absolute atomic E-state index is 12.5. The minimum atomic E-state index is -3.59. The van der Waals surface area contributed by atoms with E-state index in [-0.39, 0.29) is 11.4 Å². The topological polar surface area (TPSA) is 84.1 Å². The lowest BCUT2D eigenvalue weighted by Gasteiger charge is -2.10. The van der Waals surface area contributed by atoms with Crippen molar-refractivity contribution in [1.29, 1.82) is 0 Å². The molecule has 2 aromatic carbocycles. The van der Waals surface area contributed by atoms with Gasteiger partial charge >= 0.3 is 0 Å². The number of rotatable bonds is 5. The predicted octanol–water partition coefficient (Wildman–Crippen LogP) is 2.67. The molecule has 3 rings (SSSR count). The van der Waals surface area contributed by atoms with Crippen LogP contribution >= 0.6 is 0 Å². The van der Waals surface area contributed by atoms with Gasteiger partial charge in [-0.15, -0.1) is 0 Å². The van der Waals surface area contributed by atoms with Crippen LogP contribution < -0.4 is 9.46 Å². The van der Waals surface area contributed by atoms with E-state index in [1.165, 1.54) is 0 Å². The summed E-state index contributed by atoms with van der Waals surface area (Å²) < 4.78 is 32.8. The molecule has 0 fully saturated rings. The van der Waals surface area contributed by atoms with E-state index in [0.29, 0.717) is 11.3 Å². The Morgan fingerprint density at radius 2 is 1.96 bits per heavy atom. The number of nitrogens with zero attached hydrogens (tertiary/aromatic N) is 1. The van der Waals surface area contributed by atoms with Crippen LogP contribution in [0.5, 0.6) is 5.75 Å². The van der Waals surface area contributed by atoms with Gasteiger partial charge in [0.15, 0.2) is 0 Å². The molecule has 3 aromatic rings. The molecule has 0 spiro atoms. The summed E-state index contributed by atoms with van der Waals surface area (Å²) in [6, 6.07) is 10.5. The molecule has 0 radical (unpaired) electrons. The van der Waals surface area contributed by atoms with Gasteiger partial charge in [-0.25, -0.2) is 18.1 Å². The van der Waals surface area contributed by atoms with Crippen molar-refractivity contribution < 1.29 is 13.2 Å². The Hall–Kier alpha value is -2.38. The maximum atomic E-state index is 12.5. The third-order valence-corrected chi connectivity index (χ3v) is 5.36. The zero-order chi connectivity index (χ0) is 17.3. The van der Waals surface area contributed by atoms with E-state index in [0.717, 1.165) is 22.4 Å². The lowest BCUT2D eigenvalue weighted by atomic mass is 10.2. The van der Waals surface area contributed by atoms with Crippen LogP contribution in [0, 0.1) is 13.8 Å². The molecule has 7 heteroatoms. The van der Waals surface area contributed by atoms with Gasteiger partial charge in [0, 0.05) is 6.54 Å². The van der Waals surface area contributed by atoms with Gasteiger partial charge in [-0.3, -0.25) is 0 Å². The van der Waals surface area contributed by atoms with Crippen molar-refractivity contribution in [3.05, 3.63) is 53.3 Å². The first-order valence-corrected chi connectivity index (χ1v) is 8.97. The van der Waals surface area contributed by atoms with Crippen LogP contribution in [0.1, 0.15) is 17.0 Å². The summed E-state index contributed by atoms with van der Waals surface area (Å²) in [6.07, 6.45) is 0. The Kier molecular flexibility index (Phi) is 4.29. The number of benzene rings is 2. The molecule has 6 nitrogen and oxygen atoms in total. The van der Waals surface area contributed by atoms with E-state index in [2.05, 4.69) is 14.7 Å². The molecule has 0 atom stereocenters. The Morgan fingerprint density at radius 3 is 2.67 bits per heavy atom. The van der Waals surface area contributed by atoms with E-state index >= 15 is 0 Å². The van der Waals surface area contributed by atoms with Crippen LogP contribution in [0.3, 0.4) is 0 Å². The van der Waals surface area contributed by atoms with Crippen LogP contribution in [0.15, 0.2) is 41.3 Å². The third-order valence-electron chi connectivity index (χ3n) is 3.80. The molecule has 0 bridgehead atoms. The highest BCUT2D eigenvalue weighted by Crippen LogP contribution is 2.21. The van der Waals surface area contributed by atoms with Crippen molar-refractivity contribution in [3.63, 3.8) is 0 Å². The van der Waals surface area contributed by atoms with Gasteiger partial charge in [-0.1, -0.05) is 6.07 Å². The second-order valence-electron chi connectivity index (χ2n) is 5.63. The zero-order valence-electron chi connectivity index (χ0n) is 13.8. The van der Waals surface area contributed by atoms with E-state index in [9.17, 15) is 8.42 Å². The molecule has 24 heavy (non-hydrogen) atoms. The van der Waals surface area contributed by atoms with E-state index in [1.807, 2.05) is 25.1 Å². The lowest BCUT2D eigenvalue weighted by molar-refractivity contribution is 0.414. The quantitative estimate of drug-likeness (QED) is 0.744. The number of ether oxygens (including phenoxy) is 1. The predicted molar refractivity (Wildman–Crippen MR) is 92.6 cm³/mol. The summed E-state index contributed by atoms with van der Waals surface area (Å²) in [5.41, 5.74) is 3.26. The zero-order valence-corrected chi connectivity index (χ0v) is 14.6. The molecule has 0 amide bonds. The summed E-state index contributed by atoms with van der Waals surface area (Å²) in [7, 11) is -2.04. The Balaban J connectivity index is 1.81. The monoisotopic (exact) mass is 345 g/mol. The average molecular weight is 345 g/mol. The lowest BCUT2D eigenvalue weighted by Crippen LogP contribution is -2.24. The number of aryl methyl sites for hydroxylation is 2. The molecule has 0 saturated heterocycles. The first kappa shape index (κ1) is 16.5. The molecule has 2 N–H and O–H groups in total. The molecule has 0 unspecified atom stereocenters. The van der Waals surface area contributed by atoms with Gasteiger partial charge in [0.05, 0.1) is 23.0 Å². The van der Waals surface area contributed by atoms with Crippen molar-refractivity contribution in [2.24, 2.45) is 0 Å². The van der Waals surface area contributed by atoms with E-state index < -0.39 is 10.0 Å². The van der Waals surface area contributed by atoms with Crippen LogP contribution in [0.2, 0.25) is 0 Å². The largest absolute Gasteiger partial charge is 0.497 e. The van der Waals surface area contributed by atoms with Crippen LogP contribution in [-0.4, -0.2) is 25.5 Å². The number of H-pyrrole nitrogens is 1. The first-order chi connectivity index (χ1) is 11.4. The average Bonchev–Trinajstić information content (AvgIpc) is 2.91. The molecule has 126 valence electrons. The van der Waals surface area contributed by atoms with Crippen molar-refractivity contribution >= 4 is 21.1 Å². The molecule has 0 aliphatic carbocycles. The minimum Gasteiger partial charge on any atom is -0.497 e.